The van der Waals surface area contributed by atoms with Crippen LogP contribution in [0.15, 0.2) is 48.5 Å². The first-order valence-corrected chi connectivity index (χ1v) is 6.65. The summed E-state index contributed by atoms with van der Waals surface area (Å²) in [5.41, 5.74) is 2.30. The molecule has 20 heavy (non-hydrogen) atoms. The van der Waals surface area contributed by atoms with E-state index in [1.54, 1.807) is 7.11 Å². The molecule has 0 saturated heterocycles. The summed E-state index contributed by atoms with van der Waals surface area (Å²) in [6, 6.07) is 15.6. The number of methoxy groups -OCH3 is 1. The van der Waals surface area contributed by atoms with Gasteiger partial charge in [-0.05, 0) is 30.0 Å². The highest BCUT2D eigenvalue weighted by atomic mass is 16.5. The molecule has 3 nitrogen and oxygen atoms in total. The third kappa shape index (κ3) is 1.95. The lowest BCUT2D eigenvalue weighted by atomic mass is 9.93. The number of hydrogen-bond acceptors (Lipinski definition) is 2. The molecule has 102 valence electrons. The molecule has 2 aromatic carbocycles. The molecule has 0 spiro atoms. The SMILES string of the molecule is COc1ccccc1-c1ccc(C2(C(=O)O)CC2)cc1. The van der Waals surface area contributed by atoms with Crippen molar-refractivity contribution in [3.05, 3.63) is 54.1 Å². The van der Waals surface area contributed by atoms with Gasteiger partial charge in [-0.15, -0.1) is 0 Å². The van der Waals surface area contributed by atoms with Crippen molar-refractivity contribution in [3.8, 4) is 16.9 Å². The highest BCUT2D eigenvalue weighted by Crippen LogP contribution is 2.48. The summed E-state index contributed by atoms with van der Waals surface area (Å²) in [7, 11) is 1.65. The van der Waals surface area contributed by atoms with Crippen LogP contribution in [0.2, 0.25) is 0 Å². The first kappa shape index (κ1) is 12.7. The molecule has 3 rings (SSSR count). The monoisotopic (exact) mass is 268 g/mol. The molecule has 2 aromatic rings. The van der Waals surface area contributed by atoms with Gasteiger partial charge in [0.2, 0.25) is 0 Å². The quantitative estimate of drug-likeness (QED) is 0.923. The maximum Gasteiger partial charge on any atom is 0.314 e. The maximum atomic E-state index is 11.3. The van der Waals surface area contributed by atoms with Crippen molar-refractivity contribution in [1.82, 2.24) is 0 Å². The van der Waals surface area contributed by atoms with Gasteiger partial charge in [0.05, 0.1) is 12.5 Å². The van der Waals surface area contributed by atoms with E-state index in [9.17, 15) is 9.90 Å². The molecular formula is C17H16O3. The summed E-state index contributed by atoms with van der Waals surface area (Å²) in [5, 5.41) is 9.31. The normalized spacial score (nSPS) is 15.7. The van der Waals surface area contributed by atoms with E-state index in [4.69, 9.17) is 4.74 Å². The molecule has 0 aromatic heterocycles. The Kier molecular flexibility index (Phi) is 2.97. The molecule has 0 unspecified atom stereocenters. The van der Waals surface area contributed by atoms with E-state index in [2.05, 4.69) is 0 Å². The van der Waals surface area contributed by atoms with Gasteiger partial charge in [-0.25, -0.2) is 0 Å². The Labute approximate surface area is 117 Å². The molecule has 1 aliphatic carbocycles. The van der Waals surface area contributed by atoms with Crippen LogP contribution in [0.4, 0.5) is 0 Å². The lowest BCUT2D eigenvalue weighted by Gasteiger charge is -2.12. The Morgan fingerprint density at radius 2 is 1.75 bits per heavy atom. The molecule has 3 heteroatoms. The largest absolute Gasteiger partial charge is 0.496 e. The molecule has 0 atom stereocenters. The summed E-state index contributed by atoms with van der Waals surface area (Å²) in [4.78, 5) is 11.3. The maximum absolute atomic E-state index is 11.3. The van der Waals surface area contributed by atoms with Crippen LogP contribution in [-0.4, -0.2) is 18.2 Å². The number of aliphatic carboxylic acids is 1. The average Bonchev–Trinajstić information content (AvgIpc) is 3.29. The third-order valence-electron chi connectivity index (χ3n) is 4.01. The predicted molar refractivity (Wildman–Crippen MR) is 77.0 cm³/mol. The van der Waals surface area contributed by atoms with Crippen molar-refractivity contribution in [2.24, 2.45) is 0 Å². The number of carbonyl (C=O) groups is 1. The third-order valence-corrected chi connectivity index (χ3v) is 4.01. The highest BCUT2D eigenvalue weighted by molar-refractivity contribution is 5.85. The second-order valence-corrected chi connectivity index (χ2v) is 5.16. The second kappa shape index (κ2) is 4.67. The number of ether oxygens (including phenoxy) is 1. The van der Waals surface area contributed by atoms with Gasteiger partial charge in [0.15, 0.2) is 0 Å². The van der Waals surface area contributed by atoms with E-state index in [0.717, 1.165) is 35.3 Å². The Balaban J connectivity index is 1.96. The summed E-state index contributed by atoms with van der Waals surface area (Å²) in [6.07, 6.45) is 1.46. The minimum absolute atomic E-state index is 0.640. The van der Waals surface area contributed by atoms with Crippen molar-refractivity contribution in [2.45, 2.75) is 18.3 Å². The van der Waals surface area contributed by atoms with Crippen LogP contribution < -0.4 is 4.74 Å². The Bertz CT molecular complexity index is 640. The molecule has 1 fully saturated rings. The van der Waals surface area contributed by atoms with Gasteiger partial charge in [0.25, 0.3) is 0 Å². The van der Waals surface area contributed by atoms with E-state index in [1.165, 1.54) is 0 Å². The molecule has 0 radical (unpaired) electrons. The Morgan fingerprint density at radius 1 is 1.10 bits per heavy atom. The van der Waals surface area contributed by atoms with Crippen LogP contribution in [0.3, 0.4) is 0 Å². The standard InChI is InChI=1S/C17H16O3/c1-20-15-5-3-2-4-14(15)12-6-8-13(9-7-12)17(10-11-17)16(18)19/h2-9H,10-11H2,1H3,(H,18,19). The number of carboxylic acids is 1. The van der Waals surface area contributed by atoms with Gasteiger partial charge in [-0.2, -0.15) is 0 Å². The average molecular weight is 268 g/mol. The predicted octanol–water partition coefficient (Wildman–Crippen LogP) is 3.48. The van der Waals surface area contributed by atoms with Crippen LogP contribution in [0.1, 0.15) is 18.4 Å². The van der Waals surface area contributed by atoms with E-state index >= 15 is 0 Å². The number of benzene rings is 2. The number of rotatable bonds is 4. The van der Waals surface area contributed by atoms with E-state index in [1.807, 2.05) is 48.5 Å². The van der Waals surface area contributed by atoms with Crippen LogP contribution in [0, 0.1) is 0 Å². The van der Waals surface area contributed by atoms with Gasteiger partial charge >= 0.3 is 5.97 Å². The molecular weight excluding hydrogens is 252 g/mol. The first-order valence-electron chi connectivity index (χ1n) is 6.65. The zero-order valence-corrected chi connectivity index (χ0v) is 11.3. The molecule has 0 amide bonds. The van der Waals surface area contributed by atoms with Crippen LogP contribution in [-0.2, 0) is 10.2 Å². The fourth-order valence-corrected chi connectivity index (χ4v) is 2.60. The molecule has 0 aliphatic heterocycles. The van der Waals surface area contributed by atoms with Gasteiger partial charge in [0.1, 0.15) is 5.75 Å². The topological polar surface area (TPSA) is 46.5 Å². The van der Waals surface area contributed by atoms with E-state index in [0.29, 0.717) is 0 Å². The van der Waals surface area contributed by atoms with E-state index < -0.39 is 11.4 Å². The van der Waals surface area contributed by atoms with Crippen molar-refractivity contribution in [3.63, 3.8) is 0 Å². The van der Waals surface area contributed by atoms with Crippen LogP contribution >= 0.6 is 0 Å². The van der Waals surface area contributed by atoms with Gasteiger partial charge < -0.3 is 9.84 Å². The summed E-state index contributed by atoms with van der Waals surface area (Å²) in [6.45, 7) is 0. The zero-order chi connectivity index (χ0) is 14.2. The number of hydrogen-bond donors (Lipinski definition) is 1. The number of carboxylic acid groups (broad SMARTS) is 1. The molecule has 1 saturated carbocycles. The van der Waals surface area contributed by atoms with Crippen molar-refractivity contribution in [1.29, 1.82) is 0 Å². The molecule has 0 heterocycles. The minimum atomic E-state index is -0.720. The fraction of sp³-hybridized carbons (Fsp3) is 0.235. The molecule has 1 N–H and O–H groups in total. The first-order chi connectivity index (χ1) is 9.67. The Hall–Kier alpha value is -2.29. The van der Waals surface area contributed by atoms with Crippen LogP contribution in [0.25, 0.3) is 11.1 Å². The second-order valence-electron chi connectivity index (χ2n) is 5.16. The lowest BCUT2D eigenvalue weighted by Crippen LogP contribution is -2.19. The van der Waals surface area contributed by atoms with Crippen molar-refractivity contribution < 1.29 is 14.6 Å². The fourth-order valence-electron chi connectivity index (χ4n) is 2.60. The molecule has 0 bridgehead atoms. The van der Waals surface area contributed by atoms with E-state index in [-0.39, 0.29) is 0 Å². The van der Waals surface area contributed by atoms with Gasteiger partial charge in [0, 0.05) is 5.56 Å². The Morgan fingerprint density at radius 3 is 2.30 bits per heavy atom. The lowest BCUT2D eigenvalue weighted by molar-refractivity contribution is -0.140. The number of para-hydroxylation sites is 1. The van der Waals surface area contributed by atoms with Crippen LogP contribution in [0.5, 0.6) is 5.75 Å². The summed E-state index contributed by atoms with van der Waals surface area (Å²) >= 11 is 0. The highest BCUT2D eigenvalue weighted by Gasteiger charge is 2.51. The van der Waals surface area contributed by atoms with Crippen molar-refractivity contribution >= 4 is 5.97 Å². The summed E-state index contributed by atoms with van der Waals surface area (Å²) in [5.74, 6) is 0.0992. The smallest absolute Gasteiger partial charge is 0.314 e. The zero-order valence-electron chi connectivity index (χ0n) is 11.3. The van der Waals surface area contributed by atoms with Crippen molar-refractivity contribution in [2.75, 3.05) is 7.11 Å². The summed E-state index contributed by atoms with van der Waals surface area (Å²) < 4.78 is 5.35. The van der Waals surface area contributed by atoms with Gasteiger partial charge in [-0.1, -0.05) is 42.5 Å². The van der Waals surface area contributed by atoms with Gasteiger partial charge in [-0.3, -0.25) is 4.79 Å². The molecule has 1 aliphatic rings. The minimum Gasteiger partial charge on any atom is -0.496 e.